The van der Waals surface area contributed by atoms with Crippen LogP contribution in [-0.2, 0) is 4.43 Å². The molecule has 1 heterocycles. The van der Waals surface area contributed by atoms with Gasteiger partial charge in [-0.3, -0.25) is 4.79 Å². The first-order valence-electron chi connectivity index (χ1n) is 8.98. The van der Waals surface area contributed by atoms with Crippen LogP contribution >= 0.6 is 0 Å². The van der Waals surface area contributed by atoms with E-state index in [1.54, 1.807) is 4.68 Å². The Morgan fingerprint density at radius 2 is 2.04 bits per heavy atom. The average Bonchev–Trinajstić information content (AvgIpc) is 2.91. The molecule has 2 atom stereocenters. The molecule has 4 nitrogen and oxygen atoms in total. The van der Waals surface area contributed by atoms with Crippen LogP contribution < -0.4 is 0 Å². The second-order valence-corrected chi connectivity index (χ2v) is 13.7. The van der Waals surface area contributed by atoms with E-state index in [-0.39, 0.29) is 16.5 Å². The summed E-state index contributed by atoms with van der Waals surface area (Å²) >= 11 is 0. The fourth-order valence-corrected chi connectivity index (χ4v) is 5.37. The van der Waals surface area contributed by atoms with Crippen LogP contribution in [0.25, 0.3) is 0 Å². The van der Waals surface area contributed by atoms with Gasteiger partial charge in [-0.1, -0.05) is 26.8 Å². The molecule has 1 aromatic rings. The molecule has 3 rings (SSSR count). The molecule has 24 heavy (non-hydrogen) atoms. The molecule has 2 aliphatic rings. The Bertz CT molecular complexity index is 711. The molecule has 132 valence electrons. The van der Waals surface area contributed by atoms with Crippen molar-refractivity contribution in [2.24, 2.45) is 5.92 Å². The summed E-state index contributed by atoms with van der Waals surface area (Å²) in [4.78, 5) is 13.1. The molecule has 0 N–H and O–H groups in total. The van der Waals surface area contributed by atoms with Gasteiger partial charge in [0, 0.05) is 17.2 Å². The predicted molar refractivity (Wildman–Crippen MR) is 98.8 cm³/mol. The first kappa shape index (κ1) is 17.6. The minimum atomic E-state index is -1.95. The summed E-state index contributed by atoms with van der Waals surface area (Å²) in [7, 11) is -1.95. The molecule has 0 unspecified atom stereocenters. The third kappa shape index (κ3) is 2.53. The zero-order valence-electron chi connectivity index (χ0n) is 16.1. The van der Waals surface area contributed by atoms with E-state index in [9.17, 15) is 4.79 Å². The van der Waals surface area contributed by atoms with Crippen molar-refractivity contribution in [3.63, 3.8) is 0 Å². The third-order valence-corrected chi connectivity index (χ3v) is 10.6. The van der Waals surface area contributed by atoms with E-state index in [0.29, 0.717) is 5.92 Å². The van der Waals surface area contributed by atoms with Gasteiger partial charge < -0.3 is 4.43 Å². The molecular formula is C19H30N2O2Si. The highest BCUT2D eigenvalue weighted by molar-refractivity contribution is 6.74. The number of rotatable bonds is 3. The van der Waals surface area contributed by atoms with Crippen LogP contribution in [-0.4, -0.2) is 29.6 Å². The second-order valence-electron chi connectivity index (χ2n) is 8.97. The predicted octanol–water partition coefficient (Wildman–Crippen LogP) is 4.64. The van der Waals surface area contributed by atoms with Gasteiger partial charge in [0.1, 0.15) is 0 Å². The number of nitrogens with zero attached hydrogens (tertiary/aromatic N) is 2. The van der Waals surface area contributed by atoms with Gasteiger partial charge >= 0.3 is 0 Å². The summed E-state index contributed by atoms with van der Waals surface area (Å²) in [5, 5.41) is 4.52. The van der Waals surface area contributed by atoms with Gasteiger partial charge in [0.15, 0.2) is 8.32 Å². The fourth-order valence-electron chi connectivity index (χ4n) is 3.79. The summed E-state index contributed by atoms with van der Waals surface area (Å²) in [6.45, 7) is 15.2. The second kappa shape index (κ2) is 5.40. The van der Waals surface area contributed by atoms with Crippen LogP contribution in [0.4, 0.5) is 0 Å². The summed E-state index contributed by atoms with van der Waals surface area (Å²) in [5.41, 5.74) is 2.23. The van der Waals surface area contributed by atoms with Crippen molar-refractivity contribution in [2.45, 2.75) is 77.6 Å². The lowest BCUT2D eigenvalue weighted by Crippen LogP contribution is -2.57. The average molecular weight is 347 g/mol. The van der Waals surface area contributed by atoms with Crippen molar-refractivity contribution < 1.29 is 9.22 Å². The van der Waals surface area contributed by atoms with Crippen LogP contribution in [0.15, 0.2) is 17.7 Å². The van der Waals surface area contributed by atoms with Crippen molar-refractivity contribution in [1.29, 1.82) is 0 Å². The Kier molecular flexibility index (Phi) is 3.96. The molecule has 0 spiro atoms. The van der Waals surface area contributed by atoms with Gasteiger partial charge in [-0.05, 0) is 57.3 Å². The first-order chi connectivity index (χ1) is 11.0. The van der Waals surface area contributed by atoms with Crippen LogP contribution in [0.5, 0.6) is 0 Å². The maximum absolute atomic E-state index is 13.1. The molecular weight excluding hydrogens is 316 g/mol. The number of aromatic nitrogens is 2. The summed E-state index contributed by atoms with van der Waals surface area (Å²) in [6.07, 6.45) is 5.35. The lowest BCUT2D eigenvalue weighted by molar-refractivity contribution is 0.0371. The molecule has 0 saturated heterocycles. The number of fused-ring (bicyclic) bond motifs is 1. The quantitative estimate of drug-likeness (QED) is 0.749. The Morgan fingerprint density at radius 1 is 1.38 bits per heavy atom. The van der Waals surface area contributed by atoms with Gasteiger partial charge in [-0.25, -0.2) is 4.68 Å². The first-order valence-corrected chi connectivity index (χ1v) is 11.9. The lowest BCUT2D eigenvalue weighted by atomic mass is 9.72. The van der Waals surface area contributed by atoms with Gasteiger partial charge in [0.05, 0.1) is 11.3 Å². The largest absolute Gasteiger partial charge is 0.407 e. The minimum Gasteiger partial charge on any atom is -0.407 e. The van der Waals surface area contributed by atoms with Crippen molar-refractivity contribution in [3.8, 4) is 0 Å². The molecule has 2 aliphatic carbocycles. The smallest absolute Gasteiger partial charge is 0.276 e. The topological polar surface area (TPSA) is 44.1 Å². The van der Waals surface area contributed by atoms with Gasteiger partial charge in [-0.2, -0.15) is 5.10 Å². The van der Waals surface area contributed by atoms with Crippen LogP contribution in [0, 0.1) is 19.8 Å². The van der Waals surface area contributed by atoms with E-state index in [4.69, 9.17) is 4.43 Å². The maximum Gasteiger partial charge on any atom is 0.276 e. The van der Waals surface area contributed by atoms with E-state index < -0.39 is 8.32 Å². The van der Waals surface area contributed by atoms with E-state index in [1.807, 2.05) is 19.9 Å². The zero-order chi connectivity index (χ0) is 17.9. The van der Waals surface area contributed by atoms with E-state index in [0.717, 1.165) is 36.2 Å². The minimum absolute atomic E-state index is 0.00235. The summed E-state index contributed by atoms with van der Waals surface area (Å²) < 4.78 is 8.41. The van der Waals surface area contributed by atoms with Crippen molar-refractivity contribution in [2.75, 3.05) is 0 Å². The highest BCUT2D eigenvalue weighted by Crippen LogP contribution is 2.56. The summed E-state index contributed by atoms with van der Waals surface area (Å²) in [6, 6.07) is 1.95. The monoisotopic (exact) mass is 346 g/mol. The van der Waals surface area contributed by atoms with Crippen LogP contribution in [0.2, 0.25) is 18.1 Å². The normalized spacial score (nSPS) is 26.8. The van der Waals surface area contributed by atoms with Gasteiger partial charge in [0.2, 0.25) is 0 Å². The number of carbonyl (C=O) groups is 1. The summed E-state index contributed by atoms with van der Waals surface area (Å²) in [5.74, 6) is 0.389. The Hall–Kier alpha value is -1.20. The fraction of sp³-hybridized carbons (Fsp3) is 0.684. The number of carbonyl (C=O) groups excluding carboxylic acids is 1. The molecule has 1 aromatic heterocycles. The van der Waals surface area contributed by atoms with E-state index in [2.05, 4.69) is 45.0 Å². The zero-order valence-corrected chi connectivity index (χ0v) is 17.1. The van der Waals surface area contributed by atoms with Crippen LogP contribution in [0.3, 0.4) is 0 Å². The number of aryl methyl sites for hydroxylation is 2. The van der Waals surface area contributed by atoms with E-state index in [1.165, 1.54) is 0 Å². The molecule has 0 aromatic carbocycles. The number of hydrogen-bond acceptors (Lipinski definition) is 3. The maximum atomic E-state index is 13.1. The molecule has 1 saturated carbocycles. The Labute approximate surface area is 146 Å². The Morgan fingerprint density at radius 3 is 2.54 bits per heavy atom. The Balaban J connectivity index is 1.94. The third-order valence-electron chi connectivity index (χ3n) is 6.16. The lowest BCUT2D eigenvalue weighted by Gasteiger charge is -2.51. The number of hydrogen-bond donors (Lipinski definition) is 0. The van der Waals surface area contributed by atoms with Crippen molar-refractivity contribution >= 4 is 14.2 Å². The highest BCUT2D eigenvalue weighted by atomic mass is 28.4. The van der Waals surface area contributed by atoms with Crippen molar-refractivity contribution in [3.05, 3.63) is 29.1 Å². The van der Waals surface area contributed by atoms with Gasteiger partial charge in [-0.15, -0.1) is 0 Å². The van der Waals surface area contributed by atoms with Crippen molar-refractivity contribution in [1.82, 2.24) is 9.78 Å². The van der Waals surface area contributed by atoms with Gasteiger partial charge in [0.25, 0.3) is 5.91 Å². The SMILES string of the molecule is Cc1cc(C)n(C(=O)C2=C[C@@H]3CCC[C@]23O[Si](C)(C)C(C)(C)C)n1. The highest BCUT2D eigenvalue weighted by Gasteiger charge is 2.58. The standard InChI is InChI=1S/C19H30N2O2Si/c1-13-11-14(2)21(20-13)17(22)16-12-15-9-8-10-19(15,16)23-24(6,7)18(3,4)5/h11-12,15H,8-10H2,1-7H3/t15-,19+/m0/s1. The molecule has 0 amide bonds. The molecule has 0 bridgehead atoms. The molecule has 1 fully saturated rings. The molecule has 5 heteroatoms. The van der Waals surface area contributed by atoms with E-state index >= 15 is 0 Å². The molecule has 0 radical (unpaired) electrons. The van der Waals surface area contributed by atoms with Crippen LogP contribution in [0.1, 0.15) is 56.2 Å². The molecule has 0 aliphatic heterocycles.